The summed E-state index contributed by atoms with van der Waals surface area (Å²) >= 11 is 0. The van der Waals surface area contributed by atoms with Gasteiger partial charge < -0.3 is 9.47 Å². The number of hydrogen-bond donors (Lipinski definition) is 0. The van der Waals surface area contributed by atoms with Crippen LogP contribution in [-0.4, -0.2) is 29.1 Å². The molecule has 0 unspecified atom stereocenters. The number of Topliss-reactive ketones (excluding diaryl/α,β-unsaturated/α-hetero) is 1. The largest absolute Gasteiger partial charge is 0.343 e. The lowest BCUT2D eigenvalue weighted by Gasteiger charge is -2.58. The van der Waals surface area contributed by atoms with Crippen molar-refractivity contribution < 1.29 is 19.1 Å². The van der Waals surface area contributed by atoms with Gasteiger partial charge in [0.1, 0.15) is 0 Å². The van der Waals surface area contributed by atoms with Gasteiger partial charge in [0.05, 0.1) is 6.10 Å². The van der Waals surface area contributed by atoms with Crippen molar-refractivity contribution in [3.63, 3.8) is 0 Å². The van der Waals surface area contributed by atoms with Crippen molar-refractivity contribution in [2.24, 2.45) is 28.6 Å². The molecule has 1 heterocycles. The van der Waals surface area contributed by atoms with Crippen LogP contribution in [0.1, 0.15) is 86.5 Å². The molecule has 4 heteroatoms. The SMILES string of the molecule is CCC1(CC)O[C@H]2C[C@H]3[C@@H]4C=C(C)C5=CC(=O)CC[C@]5(C)[C@H]4CC[C@]3(C)[C@]2(C(C)=O)O1. The fourth-order valence-corrected chi connectivity index (χ4v) is 8.55. The van der Waals surface area contributed by atoms with Crippen molar-refractivity contribution >= 4 is 11.6 Å². The zero-order chi connectivity index (χ0) is 22.4. The van der Waals surface area contributed by atoms with Gasteiger partial charge in [0.15, 0.2) is 23.0 Å². The molecule has 0 N–H and O–H groups in total. The number of ketones is 2. The molecule has 0 amide bonds. The topological polar surface area (TPSA) is 52.6 Å². The first kappa shape index (κ1) is 21.6. The Bertz CT molecular complexity index is 895. The van der Waals surface area contributed by atoms with Gasteiger partial charge >= 0.3 is 0 Å². The Labute approximate surface area is 186 Å². The minimum absolute atomic E-state index is 0.0537. The molecule has 0 radical (unpaired) electrons. The summed E-state index contributed by atoms with van der Waals surface area (Å²) in [7, 11) is 0. The van der Waals surface area contributed by atoms with Gasteiger partial charge in [-0.15, -0.1) is 0 Å². The van der Waals surface area contributed by atoms with Gasteiger partial charge in [0.25, 0.3) is 0 Å². The van der Waals surface area contributed by atoms with E-state index in [0.717, 1.165) is 38.5 Å². The van der Waals surface area contributed by atoms with Crippen LogP contribution in [0.2, 0.25) is 0 Å². The minimum atomic E-state index is -0.837. The van der Waals surface area contributed by atoms with Gasteiger partial charge in [0, 0.05) is 11.8 Å². The Morgan fingerprint density at radius 3 is 2.52 bits per heavy atom. The van der Waals surface area contributed by atoms with Crippen LogP contribution in [0.4, 0.5) is 0 Å². The molecule has 0 bridgehead atoms. The summed E-state index contributed by atoms with van der Waals surface area (Å²) in [6.45, 7) is 12.8. The quantitative estimate of drug-likeness (QED) is 0.593. The maximum atomic E-state index is 13.3. The normalized spacial score (nSPS) is 47.6. The molecule has 0 spiro atoms. The molecular weight excluding hydrogens is 388 g/mol. The Kier molecular flexibility index (Phi) is 4.62. The Balaban J connectivity index is 1.59. The van der Waals surface area contributed by atoms with Gasteiger partial charge in [-0.2, -0.15) is 0 Å². The predicted octanol–water partition coefficient (Wildman–Crippen LogP) is 5.55. The Morgan fingerprint density at radius 2 is 1.87 bits per heavy atom. The summed E-state index contributed by atoms with van der Waals surface area (Å²) < 4.78 is 13.4. The van der Waals surface area contributed by atoms with E-state index >= 15 is 0 Å². The average Bonchev–Trinajstić information content (AvgIpc) is 3.20. The van der Waals surface area contributed by atoms with E-state index in [4.69, 9.17) is 9.47 Å². The highest BCUT2D eigenvalue weighted by Gasteiger charge is 2.75. The number of carbonyl (C=O) groups excluding carboxylic acids is 2. The van der Waals surface area contributed by atoms with Crippen molar-refractivity contribution in [2.75, 3.05) is 0 Å². The molecule has 5 aliphatic rings. The van der Waals surface area contributed by atoms with E-state index < -0.39 is 11.4 Å². The summed E-state index contributed by atoms with van der Waals surface area (Å²) in [6.07, 6.45) is 10.2. The van der Waals surface area contributed by atoms with E-state index in [0.29, 0.717) is 24.2 Å². The fraction of sp³-hybridized carbons (Fsp3) is 0.778. The third-order valence-corrected chi connectivity index (χ3v) is 10.3. The Morgan fingerprint density at radius 1 is 1.16 bits per heavy atom. The van der Waals surface area contributed by atoms with Crippen LogP contribution in [0.25, 0.3) is 0 Å². The van der Waals surface area contributed by atoms with Gasteiger partial charge in [-0.3, -0.25) is 9.59 Å². The van der Waals surface area contributed by atoms with Crippen molar-refractivity contribution in [3.05, 3.63) is 23.3 Å². The molecule has 170 valence electrons. The highest BCUT2D eigenvalue weighted by Crippen LogP contribution is 2.70. The van der Waals surface area contributed by atoms with E-state index in [1.54, 1.807) is 6.92 Å². The number of carbonyl (C=O) groups is 2. The van der Waals surface area contributed by atoms with Crippen LogP contribution in [0.5, 0.6) is 0 Å². The molecule has 1 aliphatic heterocycles. The third kappa shape index (κ3) is 2.50. The second-order valence-electron chi connectivity index (χ2n) is 11.4. The number of ether oxygens (including phenoxy) is 2. The molecule has 1 saturated heterocycles. The summed E-state index contributed by atoms with van der Waals surface area (Å²) in [5, 5.41) is 0. The molecular formula is C27H38O4. The van der Waals surface area contributed by atoms with E-state index in [-0.39, 0.29) is 28.5 Å². The monoisotopic (exact) mass is 426 g/mol. The standard InChI is InChI=1S/C27H38O4/c1-7-26(8-2)30-23-15-22-19-13-16(3)21-14-18(29)9-11-24(21,5)20(19)10-12-25(22,6)27(23,31-26)17(4)28/h13-14,19-20,22-23H,7-12,15H2,1-6H3/t19-,20+,22+,23+,24-,25+,27-/m1/s1. The summed E-state index contributed by atoms with van der Waals surface area (Å²) in [6, 6.07) is 0. The first-order chi connectivity index (χ1) is 14.6. The molecule has 0 aromatic carbocycles. The first-order valence-electron chi connectivity index (χ1n) is 12.4. The molecule has 0 aromatic rings. The molecule has 5 rings (SSSR count). The second-order valence-corrected chi connectivity index (χ2v) is 11.4. The van der Waals surface area contributed by atoms with Crippen LogP contribution >= 0.6 is 0 Å². The number of fused-ring (bicyclic) bond motifs is 7. The predicted molar refractivity (Wildman–Crippen MR) is 119 cm³/mol. The van der Waals surface area contributed by atoms with Crippen LogP contribution in [0.3, 0.4) is 0 Å². The van der Waals surface area contributed by atoms with Gasteiger partial charge in [-0.1, -0.05) is 39.3 Å². The lowest BCUT2D eigenvalue weighted by molar-refractivity contribution is -0.229. The minimum Gasteiger partial charge on any atom is -0.343 e. The summed E-state index contributed by atoms with van der Waals surface area (Å²) in [5.74, 6) is 1.04. The van der Waals surface area contributed by atoms with Crippen LogP contribution in [0, 0.1) is 28.6 Å². The zero-order valence-corrected chi connectivity index (χ0v) is 20.0. The van der Waals surface area contributed by atoms with Gasteiger partial charge in [0.2, 0.25) is 0 Å². The maximum absolute atomic E-state index is 13.3. The summed E-state index contributed by atoms with van der Waals surface area (Å²) in [4.78, 5) is 25.5. The number of hydrogen-bond acceptors (Lipinski definition) is 4. The molecule has 7 atom stereocenters. The highest BCUT2D eigenvalue weighted by atomic mass is 16.8. The average molecular weight is 427 g/mol. The molecule has 31 heavy (non-hydrogen) atoms. The van der Waals surface area contributed by atoms with Crippen LogP contribution in [-0.2, 0) is 19.1 Å². The van der Waals surface area contributed by atoms with Crippen molar-refractivity contribution in [3.8, 4) is 0 Å². The lowest BCUT2D eigenvalue weighted by Crippen LogP contribution is -2.59. The van der Waals surface area contributed by atoms with Crippen molar-refractivity contribution in [1.82, 2.24) is 0 Å². The molecule has 0 aromatic heterocycles. The van der Waals surface area contributed by atoms with Crippen LogP contribution < -0.4 is 0 Å². The van der Waals surface area contributed by atoms with Crippen molar-refractivity contribution in [2.45, 2.75) is 104 Å². The second kappa shape index (κ2) is 6.63. The van der Waals surface area contributed by atoms with E-state index in [1.165, 1.54) is 11.1 Å². The van der Waals surface area contributed by atoms with Gasteiger partial charge in [-0.05, 0) is 87.2 Å². The lowest BCUT2D eigenvalue weighted by atomic mass is 9.47. The van der Waals surface area contributed by atoms with Crippen molar-refractivity contribution in [1.29, 1.82) is 0 Å². The van der Waals surface area contributed by atoms with E-state index in [2.05, 4.69) is 40.7 Å². The van der Waals surface area contributed by atoms with Gasteiger partial charge in [-0.25, -0.2) is 0 Å². The van der Waals surface area contributed by atoms with Crippen LogP contribution in [0.15, 0.2) is 23.3 Å². The van der Waals surface area contributed by atoms with E-state index in [9.17, 15) is 9.59 Å². The smallest absolute Gasteiger partial charge is 0.169 e. The maximum Gasteiger partial charge on any atom is 0.169 e. The number of allylic oxidation sites excluding steroid dienone is 4. The van der Waals surface area contributed by atoms with E-state index in [1.807, 2.05) is 6.08 Å². The highest BCUT2D eigenvalue weighted by molar-refractivity contribution is 5.92. The molecule has 4 nitrogen and oxygen atoms in total. The number of rotatable bonds is 3. The first-order valence-corrected chi connectivity index (χ1v) is 12.4. The fourth-order valence-electron chi connectivity index (χ4n) is 8.55. The summed E-state index contributed by atoms with van der Waals surface area (Å²) in [5.41, 5.74) is 1.51. The molecule has 2 saturated carbocycles. The zero-order valence-electron chi connectivity index (χ0n) is 20.0. The molecule has 4 aliphatic carbocycles. The Hall–Kier alpha value is -1.26. The molecule has 3 fully saturated rings. The third-order valence-electron chi connectivity index (χ3n) is 10.3.